The maximum atomic E-state index is 10.6. The molecule has 0 saturated heterocycles. The van der Waals surface area contributed by atoms with Crippen molar-refractivity contribution in [2.75, 3.05) is 0 Å². The van der Waals surface area contributed by atoms with E-state index in [1.54, 1.807) is 0 Å². The highest BCUT2D eigenvalue weighted by Crippen LogP contribution is 2.25. The van der Waals surface area contributed by atoms with Gasteiger partial charge in [-0.2, -0.15) is 13.1 Å². The van der Waals surface area contributed by atoms with Crippen LogP contribution in [0.4, 0.5) is 0 Å². The van der Waals surface area contributed by atoms with Crippen molar-refractivity contribution < 1.29 is 8.42 Å². The minimum atomic E-state index is -3.52. The first-order valence-corrected chi connectivity index (χ1v) is 6.02. The van der Waals surface area contributed by atoms with Gasteiger partial charge in [0.15, 0.2) is 0 Å². The third-order valence-corrected chi connectivity index (χ3v) is 3.01. The average molecular weight is 198 g/mol. The smallest absolute Gasteiger partial charge is 0.199 e. The van der Waals surface area contributed by atoms with Gasteiger partial charge in [-0.3, -0.25) is 0 Å². The molecule has 1 aliphatic carbocycles. The van der Waals surface area contributed by atoms with Gasteiger partial charge in [0.05, 0.1) is 0 Å². The van der Waals surface area contributed by atoms with Crippen molar-refractivity contribution in [1.29, 1.82) is 0 Å². The Morgan fingerprint density at radius 3 is 2.45 bits per heavy atom. The van der Waals surface area contributed by atoms with E-state index in [1.807, 2.05) is 6.92 Å². The largest absolute Gasteiger partial charge is 0.297 e. The van der Waals surface area contributed by atoms with Gasteiger partial charge in [0.1, 0.15) is 0 Å². The molecule has 3 nitrogen and oxygen atoms in total. The van der Waals surface area contributed by atoms with Crippen molar-refractivity contribution in [1.82, 2.24) is 4.72 Å². The summed E-state index contributed by atoms with van der Waals surface area (Å²) in [4.78, 5) is 0. The Morgan fingerprint density at radius 2 is 2.09 bits per heavy atom. The van der Waals surface area contributed by atoms with Crippen LogP contribution in [0.5, 0.6) is 0 Å². The minimum absolute atomic E-state index is 0.0532. The summed E-state index contributed by atoms with van der Waals surface area (Å²) in [6, 6.07) is 0.0532. The summed E-state index contributed by atoms with van der Waals surface area (Å²) in [5, 5.41) is 0. The molecule has 2 atom stereocenters. The van der Waals surface area contributed by atoms with E-state index < -0.39 is 9.24 Å². The first-order chi connectivity index (χ1) is 4.99. The fraction of sp³-hybridized carbons (Fsp3) is 1.00. The Bertz CT molecular complexity index is 227. The zero-order valence-corrected chi connectivity index (χ0v) is 7.95. The van der Waals surface area contributed by atoms with Crippen LogP contribution in [0.15, 0.2) is 0 Å². The van der Waals surface area contributed by atoms with Crippen LogP contribution < -0.4 is 4.72 Å². The molecule has 66 valence electrons. The number of hydrogen-bond donors (Lipinski definition) is 1. The van der Waals surface area contributed by atoms with Crippen molar-refractivity contribution in [3.63, 3.8) is 0 Å². The fourth-order valence-electron chi connectivity index (χ4n) is 1.50. The van der Waals surface area contributed by atoms with Gasteiger partial charge in [0.2, 0.25) is 0 Å². The maximum absolute atomic E-state index is 10.6. The van der Waals surface area contributed by atoms with Crippen molar-refractivity contribution in [3.8, 4) is 0 Å². The van der Waals surface area contributed by atoms with Crippen molar-refractivity contribution in [2.45, 2.75) is 32.2 Å². The van der Waals surface area contributed by atoms with Gasteiger partial charge in [-0.05, 0) is 18.8 Å². The van der Waals surface area contributed by atoms with Gasteiger partial charge < -0.3 is 0 Å². The second-order valence-corrected chi connectivity index (χ2v) is 5.40. The summed E-state index contributed by atoms with van der Waals surface area (Å²) in [5.41, 5.74) is 0. The quantitative estimate of drug-likeness (QED) is 0.678. The van der Waals surface area contributed by atoms with E-state index in [4.69, 9.17) is 10.7 Å². The molecule has 0 radical (unpaired) electrons. The normalized spacial score (nSPS) is 32.5. The highest BCUT2D eigenvalue weighted by Gasteiger charge is 2.26. The van der Waals surface area contributed by atoms with E-state index in [0.29, 0.717) is 5.92 Å². The third kappa shape index (κ3) is 2.97. The van der Waals surface area contributed by atoms with E-state index >= 15 is 0 Å². The Morgan fingerprint density at radius 1 is 1.45 bits per heavy atom. The number of nitrogens with one attached hydrogen (secondary N) is 1. The Kier molecular flexibility index (Phi) is 2.78. The lowest BCUT2D eigenvalue weighted by Crippen LogP contribution is -2.33. The summed E-state index contributed by atoms with van der Waals surface area (Å²) in [5.74, 6) is 0.420. The first kappa shape index (κ1) is 9.29. The molecule has 1 aliphatic rings. The van der Waals surface area contributed by atoms with Gasteiger partial charge in [-0.1, -0.05) is 13.3 Å². The van der Waals surface area contributed by atoms with Gasteiger partial charge in [-0.15, -0.1) is 0 Å². The monoisotopic (exact) mass is 197 g/mol. The predicted molar refractivity (Wildman–Crippen MR) is 44.7 cm³/mol. The van der Waals surface area contributed by atoms with Crippen LogP contribution in [-0.2, 0) is 9.24 Å². The molecule has 0 amide bonds. The lowest BCUT2D eigenvalue weighted by Gasteiger charge is -2.13. The van der Waals surface area contributed by atoms with Crippen molar-refractivity contribution >= 4 is 19.9 Å². The molecular weight excluding hydrogens is 186 g/mol. The van der Waals surface area contributed by atoms with Gasteiger partial charge in [-0.25, -0.2) is 0 Å². The summed E-state index contributed by atoms with van der Waals surface area (Å²) in [6.07, 6.45) is 3.09. The van der Waals surface area contributed by atoms with E-state index in [2.05, 4.69) is 4.72 Å². The molecule has 0 bridgehead atoms. The van der Waals surface area contributed by atoms with E-state index in [0.717, 1.165) is 19.3 Å². The standard InChI is InChI=1S/C6H12ClNO2S/c1-5-3-2-4-6(5)8-11(7,9)10/h5-6,8H,2-4H2,1H3. The first-order valence-electron chi connectivity index (χ1n) is 3.71. The zero-order valence-electron chi connectivity index (χ0n) is 6.38. The number of rotatable bonds is 2. The second-order valence-electron chi connectivity index (χ2n) is 3.07. The fourth-order valence-corrected chi connectivity index (χ4v) is 2.56. The molecule has 0 aromatic heterocycles. The van der Waals surface area contributed by atoms with Crippen LogP contribution in [0.25, 0.3) is 0 Å². The van der Waals surface area contributed by atoms with Crippen LogP contribution in [0.2, 0.25) is 0 Å². The SMILES string of the molecule is CC1CCCC1NS(=O)(=O)Cl. The number of hydrogen-bond acceptors (Lipinski definition) is 2. The topological polar surface area (TPSA) is 46.2 Å². The predicted octanol–water partition coefficient (Wildman–Crippen LogP) is 1.25. The molecule has 1 saturated carbocycles. The molecule has 0 aliphatic heterocycles. The summed E-state index contributed by atoms with van der Waals surface area (Å²) >= 11 is 0. The van der Waals surface area contributed by atoms with Crippen molar-refractivity contribution in [2.24, 2.45) is 5.92 Å². The molecular formula is C6H12ClNO2S. The van der Waals surface area contributed by atoms with Gasteiger partial charge in [0.25, 0.3) is 9.24 Å². The Labute approximate surface area is 71.7 Å². The summed E-state index contributed by atoms with van der Waals surface area (Å²) in [6.45, 7) is 2.03. The van der Waals surface area contributed by atoms with Gasteiger partial charge >= 0.3 is 0 Å². The molecule has 1 N–H and O–H groups in total. The Balaban J connectivity index is 2.50. The van der Waals surface area contributed by atoms with Crippen LogP contribution >= 0.6 is 10.7 Å². The molecule has 1 fully saturated rings. The lowest BCUT2D eigenvalue weighted by molar-refractivity contribution is 0.482. The lowest BCUT2D eigenvalue weighted by atomic mass is 10.1. The second kappa shape index (κ2) is 3.29. The molecule has 5 heteroatoms. The molecule has 0 heterocycles. The molecule has 11 heavy (non-hydrogen) atoms. The van der Waals surface area contributed by atoms with E-state index in [9.17, 15) is 8.42 Å². The zero-order chi connectivity index (χ0) is 8.48. The van der Waals surface area contributed by atoms with E-state index in [1.165, 1.54) is 0 Å². The average Bonchev–Trinajstić information content (AvgIpc) is 2.12. The van der Waals surface area contributed by atoms with Crippen LogP contribution in [-0.4, -0.2) is 14.5 Å². The van der Waals surface area contributed by atoms with Crippen LogP contribution in [0.1, 0.15) is 26.2 Å². The van der Waals surface area contributed by atoms with Crippen molar-refractivity contribution in [3.05, 3.63) is 0 Å². The summed E-state index contributed by atoms with van der Waals surface area (Å²) in [7, 11) is 1.52. The minimum Gasteiger partial charge on any atom is -0.199 e. The van der Waals surface area contributed by atoms with Crippen LogP contribution in [0, 0.1) is 5.92 Å². The molecule has 0 aromatic carbocycles. The molecule has 0 spiro atoms. The molecule has 0 aromatic rings. The number of halogens is 1. The Hall–Kier alpha value is 0.200. The molecule has 1 rings (SSSR count). The van der Waals surface area contributed by atoms with Gasteiger partial charge in [0, 0.05) is 16.7 Å². The van der Waals surface area contributed by atoms with Crippen LogP contribution in [0.3, 0.4) is 0 Å². The highest BCUT2D eigenvalue weighted by molar-refractivity contribution is 8.12. The molecule has 2 unspecified atom stereocenters. The highest BCUT2D eigenvalue weighted by atomic mass is 35.7. The maximum Gasteiger partial charge on any atom is 0.297 e. The summed E-state index contributed by atoms with van der Waals surface area (Å²) < 4.78 is 23.6. The third-order valence-electron chi connectivity index (χ3n) is 2.15. The van der Waals surface area contributed by atoms with E-state index in [-0.39, 0.29) is 6.04 Å².